The van der Waals surface area contributed by atoms with Gasteiger partial charge in [0, 0.05) is 11.4 Å². The molecule has 3 aromatic rings. The molecule has 0 saturated carbocycles. The van der Waals surface area contributed by atoms with E-state index in [1.807, 2.05) is 42.5 Å². The average Bonchev–Trinajstić information content (AvgIpc) is 3.25. The highest BCUT2D eigenvalue weighted by Crippen LogP contribution is 2.40. The zero-order valence-electron chi connectivity index (χ0n) is 21.1. The topological polar surface area (TPSA) is 109 Å². The summed E-state index contributed by atoms with van der Waals surface area (Å²) in [6.07, 6.45) is -4.61. The van der Waals surface area contributed by atoms with E-state index in [0.717, 1.165) is 23.3 Å². The molecule has 38 heavy (non-hydrogen) atoms. The standard InChI is InChI=1S/C30H33ClO7/c1-17-22-4-2-3-5-23(22)25(37-17)12-13-36-21-9-6-18(7-10-21)14-20-15-19(8-11-24(20)31)30-29(35)28(34)27(33)26(16-32)38-30/h2-11,15,17,25-30,32-35H,12-14,16H2,1H3/t17?,25?,26-,27-,28+,29-,30+/m1/s1. The Hall–Kier alpha value is -2.49. The predicted molar refractivity (Wildman–Crippen MR) is 142 cm³/mol. The number of halogens is 1. The zero-order chi connectivity index (χ0) is 26.8. The van der Waals surface area contributed by atoms with E-state index in [0.29, 0.717) is 23.6 Å². The predicted octanol–water partition coefficient (Wildman–Crippen LogP) is 4.05. The fraction of sp³-hybridized carbons (Fsp3) is 0.400. The molecule has 2 aliphatic rings. The average molecular weight is 541 g/mol. The van der Waals surface area contributed by atoms with E-state index < -0.39 is 37.1 Å². The zero-order valence-corrected chi connectivity index (χ0v) is 21.9. The number of ether oxygens (including phenoxy) is 3. The Labute approximate surface area is 227 Å². The van der Waals surface area contributed by atoms with Crippen molar-refractivity contribution < 1.29 is 34.6 Å². The first kappa shape index (κ1) is 27.1. The molecule has 7 nitrogen and oxygen atoms in total. The van der Waals surface area contributed by atoms with E-state index in [2.05, 4.69) is 19.1 Å². The van der Waals surface area contributed by atoms with Gasteiger partial charge in [-0.05, 0) is 59.4 Å². The third-order valence-corrected chi connectivity index (χ3v) is 7.78. The number of fused-ring (bicyclic) bond motifs is 1. The van der Waals surface area contributed by atoms with Gasteiger partial charge in [-0.25, -0.2) is 0 Å². The minimum absolute atomic E-state index is 0.0404. The summed E-state index contributed by atoms with van der Waals surface area (Å²) in [6.45, 7) is 2.14. The van der Waals surface area contributed by atoms with Crippen LogP contribution in [-0.2, 0) is 15.9 Å². The van der Waals surface area contributed by atoms with Crippen LogP contribution in [0.15, 0.2) is 66.7 Å². The molecule has 0 spiro atoms. The van der Waals surface area contributed by atoms with Gasteiger partial charge in [-0.2, -0.15) is 0 Å². The number of hydrogen-bond acceptors (Lipinski definition) is 7. The minimum atomic E-state index is -1.43. The van der Waals surface area contributed by atoms with Crippen LogP contribution in [0.4, 0.5) is 0 Å². The molecule has 3 aromatic carbocycles. The Balaban J connectivity index is 1.20. The number of benzene rings is 3. The Kier molecular flexibility index (Phi) is 8.35. The summed E-state index contributed by atoms with van der Waals surface area (Å²) in [5.41, 5.74) is 4.93. The molecule has 8 heteroatoms. The van der Waals surface area contributed by atoms with E-state index in [9.17, 15) is 20.4 Å². The van der Waals surface area contributed by atoms with E-state index >= 15 is 0 Å². The van der Waals surface area contributed by atoms with Crippen LogP contribution in [-0.4, -0.2) is 58.1 Å². The summed E-state index contributed by atoms with van der Waals surface area (Å²) >= 11 is 6.47. The maximum Gasteiger partial charge on any atom is 0.119 e. The highest BCUT2D eigenvalue weighted by Gasteiger charge is 2.44. The molecule has 7 atom stereocenters. The molecule has 1 fully saturated rings. The maximum absolute atomic E-state index is 10.5. The van der Waals surface area contributed by atoms with Crippen molar-refractivity contribution in [1.29, 1.82) is 0 Å². The molecule has 0 bridgehead atoms. The molecule has 0 radical (unpaired) electrons. The molecule has 4 N–H and O–H groups in total. The Morgan fingerprint density at radius 3 is 2.34 bits per heavy atom. The lowest BCUT2D eigenvalue weighted by Crippen LogP contribution is -2.55. The van der Waals surface area contributed by atoms with E-state index in [4.69, 9.17) is 25.8 Å². The second-order valence-corrected chi connectivity index (χ2v) is 10.4. The van der Waals surface area contributed by atoms with Crippen LogP contribution in [0.1, 0.15) is 59.5 Å². The highest BCUT2D eigenvalue weighted by atomic mass is 35.5. The smallest absolute Gasteiger partial charge is 0.119 e. The van der Waals surface area contributed by atoms with Crippen molar-refractivity contribution in [2.75, 3.05) is 13.2 Å². The lowest BCUT2D eigenvalue weighted by Gasteiger charge is -2.40. The lowest BCUT2D eigenvalue weighted by atomic mass is 9.90. The second kappa shape index (κ2) is 11.7. The van der Waals surface area contributed by atoms with E-state index in [-0.39, 0.29) is 12.2 Å². The number of aliphatic hydroxyl groups excluding tert-OH is 4. The second-order valence-electron chi connectivity index (χ2n) is 9.95. The first-order valence-corrected chi connectivity index (χ1v) is 13.3. The third-order valence-electron chi connectivity index (χ3n) is 7.41. The van der Waals surface area contributed by atoms with Gasteiger partial charge in [0.25, 0.3) is 0 Å². The quantitative estimate of drug-likeness (QED) is 0.341. The minimum Gasteiger partial charge on any atom is -0.493 e. The largest absolute Gasteiger partial charge is 0.493 e. The van der Waals surface area contributed by atoms with Crippen molar-refractivity contribution in [2.24, 2.45) is 0 Å². The summed E-state index contributed by atoms with van der Waals surface area (Å²) < 4.78 is 17.8. The van der Waals surface area contributed by atoms with Crippen molar-refractivity contribution in [2.45, 2.75) is 62.5 Å². The van der Waals surface area contributed by atoms with Crippen molar-refractivity contribution in [3.05, 3.63) is 99.6 Å². The molecule has 0 aromatic heterocycles. The van der Waals surface area contributed by atoms with Gasteiger partial charge >= 0.3 is 0 Å². The van der Waals surface area contributed by atoms with Crippen LogP contribution in [0.5, 0.6) is 5.75 Å². The van der Waals surface area contributed by atoms with Gasteiger partial charge in [0.1, 0.15) is 36.3 Å². The molecule has 0 aliphatic carbocycles. The molecule has 2 aliphatic heterocycles. The molecule has 2 heterocycles. The molecule has 1 saturated heterocycles. The number of aliphatic hydroxyl groups is 4. The summed E-state index contributed by atoms with van der Waals surface area (Å²) in [5, 5.41) is 40.8. The van der Waals surface area contributed by atoms with Crippen molar-refractivity contribution >= 4 is 11.6 Å². The monoisotopic (exact) mass is 540 g/mol. The third kappa shape index (κ3) is 5.60. The van der Waals surface area contributed by atoms with Gasteiger partial charge in [-0.15, -0.1) is 0 Å². The molecule has 5 rings (SSSR count). The Bertz CT molecular complexity index is 1230. The van der Waals surface area contributed by atoms with Crippen LogP contribution >= 0.6 is 11.6 Å². The Morgan fingerprint density at radius 2 is 1.61 bits per heavy atom. The van der Waals surface area contributed by atoms with Gasteiger partial charge in [-0.3, -0.25) is 0 Å². The van der Waals surface area contributed by atoms with Gasteiger partial charge in [0.05, 0.1) is 25.4 Å². The first-order chi connectivity index (χ1) is 18.4. The molecule has 0 amide bonds. The van der Waals surface area contributed by atoms with E-state index in [1.54, 1.807) is 12.1 Å². The summed E-state index contributed by atoms with van der Waals surface area (Å²) in [5.74, 6) is 0.772. The van der Waals surface area contributed by atoms with Crippen LogP contribution in [0.25, 0.3) is 0 Å². The lowest BCUT2D eigenvalue weighted by molar-refractivity contribution is -0.231. The normalized spacial score (nSPS) is 28.7. The first-order valence-electron chi connectivity index (χ1n) is 12.9. The molecule has 202 valence electrons. The number of hydrogen-bond donors (Lipinski definition) is 4. The van der Waals surface area contributed by atoms with Gasteiger partial charge < -0.3 is 34.6 Å². The van der Waals surface area contributed by atoms with E-state index in [1.165, 1.54) is 11.1 Å². The summed E-state index contributed by atoms with van der Waals surface area (Å²) in [6, 6.07) is 21.4. The molecular weight excluding hydrogens is 508 g/mol. The fourth-order valence-corrected chi connectivity index (χ4v) is 5.47. The van der Waals surface area contributed by atoms with Crippen LogP contribution in [0.3, 0.4) is 0 Å². The fourth-order valence-electron chi connectivity index (χ4n) is 5.28. The van der Waals surface area contributed by atoms with Gasteiger partial charge in [0.2, 0.25) is 0 Å². The molecular formula is C30H33ClO7. The highest BCUT2D eigenvalue weighted by molar-refractivity contribution is 6.31. The van der Waals surface area contributed by atoms with Gasteiger partial charge in [-0.1, -0.05) is 60.1 Å². The Morgan fingerprint density at radius 1 is 0.868 bits per heavy atom. The van der Waals surface area contributed by atoms with Crippen LogP contribution in [0.2, 0.25) is 5.02 Å². The van der Waals surface area contributed by atoms with Gasteiger partial charge in [0.15, 0.2) is 0 Å². The summed E-state index contributed by atoms with van der Waals surface area (Å²) in [4.78, 5) is 0. The molecule has 2 unspecified atom stereocenters. The van der Waals surface area contributed by atoms with Crippen LogP contribution in [0, 0.1) is 0 Å². The SMILES string of the molecule is CC1OC(CCOc2ccc(Cc3cc([C@@H]4O[C@H](CO)[C@@H](O)[C@H](O)[C@H]4O)ccc3Cl)cc2)c2ccccc21. The van der Waals surface area contributed by atoms with Crippen LogP contribution < -0.4 is 4.74 Å². The summed E-state index contributed by atoms with van der Waals surface area (Å²) in [7, 11) is 0. The maximum atomic E-state index is 10.5. The van der Waals surface area contributed by atoms with Crippen molar-refractivity contribution in [1.82, 2.24) is 0 Å². The number of rotatable bonds is 8. The van der Waals surface area contributed by atoms with Crippen molar-refractivity contribution in [3.63, 3.8) is 0 Å². The van der Waals surface area contributed by atoms with Crippen molar-refractivity contribution in [3.8, 4) is 5.75 Å².